The van der Waals surface area contributed by atoms with Gasteiger partial charge in [-0.25, -0.2) is 0 Å². The van der Waals surface area contributed by atoms with E-state index in [4.69, 9.17) is 0 Å². The van der Waals surface area contributed by atoms with Crippen molar-refractivity contribution < 1.29 is 23.2 Å². The molecule has 0 aliphatic carbocycles. The Labute approximate surface area is 108 Å². The Bertz CT molecular complexity index is 489. The molecule has 0 radical (unpaired) electrons. The van der Waals surface area contributed by atoms with E-state index in [1.54, 1.807) is 0 Å². The summed E-state index contributed by atoms with van der Waals surface area (Å²) in [6.07, 6.45) is 0.228. The minimum atomic E-state index is -3.16. The van der Waals surface area contributed by atoms with E-state index in [9.17, 15) is 23.7 Å². The summed E-state index contributed by atoms with van der Waals surface area (Å²) in [5.74, 6) is -0.730. The highest BCUT2D eigenvalue weighted by molar-refractivity contribution is 5.97. The van der Waals surface area contributed by atoms with Gasteiger partial charge in [0.1, 0.15) is 0 Å². The zero-order chi connectivity index (χ0) is 14.6. The van der Waals surface area contributed by atoms with Gasteiger partial charge in [-0.2, -0.15) is 8.78 Å². The number of nitrogens with zero attached hydrogens (tertiary/aromatic N) is 1. The topological polar surface area (TPSA) is 69.4 Å². The van der Waals surface area contributed by atoms with Gasteiger partial charge in [-0.15, -0.1) is 0 Å². The van der Waals surface area contributed by atoms with Crippen molar-refractivity contribution >= 4 is 11.5 Å². The van der Waals surface area contributed by atoms with Crippen LogP contribution in [0.2, 0.25) is 0 Å². The summed E-state index contributed by atoms with van der Waals surface area (Å²) in [5, 5.41) is 10.8. The third-order valence-electron chi connectivity index (χ3n) is 2.29. The monoisotopic (exact) mass is 273 g/mol. The predicted molar refractivity (Wildman–Crippen MR) is 63.5 cm³/mol. The molecule has 0 saturated carbocycles. The number of benzene rings is 1. The van der Waals surface area contributed by atoms with Crippen LogP contribution in [0.25, 0.3) is 0 Å². The number of alkyl halides is 2. The van der Waals surface area contributed by atoms with Crippen LogP contribution in [0.15, 0.2) is 18.2 Å². The lowest BCUT2D eigenvalue weighted by Crippen LogP contribution is -2.07. The molecule has 0 N–H and O–H groups in total. The highest BCUT2D eigenvalue weighted by atomic mass is 19.3. The second-order valence-corrected chi connectivity index (χ2v) is 4.34. The van der Waals surface area contributed by atoms with Crippen molar-refractivity contribution in [1.29, 1.82) is 0 Å². The van der Waals surface area contributed by atoms with Gasteiger partial charge in [-0.1, -0.05) is 13.8 Å². The van der Waals surface area contributed by atoms with Crippen molar-refractivity contribution in [3.05, 3.63) is 33.9 Å². The van der Waals surface area contributed by atoms with Crippen LogP contribution in [0.1, 0.15) is 30.6 Å². The molecule has 1 aromatic carbocycles. The number of nitro benzene ring substituents is 1. The number of ether oxygens (including phenoxy) is 1. The van der Waals surface area contributed by atoms with Gasteiger partial charge >= 0.3 is 12.3 Å². The van der Waals surface area contributed by atoms with E-state index in [-0.39, 0.29) is 23.7 Å². The normalized spacial score (nSPS) is 10.8. The third-order valence-corrected chi connectivity index (χ3v) is 2.29. The third kappa shape index (κ3) is 4.27. The van der Waals surface area contributed by atoms with Crippen molar-refractivity contribution in [3.8, 4) is 5.75 Å². The first-order valence-corrected chi connectivity index (χ1v) is 5.57. The van der Waals surface area contributed by atoms with Crippen molar-refractivity contribution in [1.82, 2.24) is 0 Å². The average Bonchev–Trinajstić information content (AvgIpc) is 2.27. The summed E-state index contributed by atoms with van der Waals surface area (Å²) in [7, 11) is 0. The molecule has 7 heteroatoms. The molecule has 0 atom stereocenters. The van der Waals surface area contributed by atoms with Crippen LogP contribution in [-0.4, -0.2) is 17.3 Å². The summed E-state index contributed by atoms with van der Waals surface area (Å²) in [4.78, 5) is 21.7. The van der Waals surface area contributed by atoms with E-state index in [2.05, 4.69) is 4.74 Å². The van der Waals surface area contributed by atoms with Crippen LogP contribution >= 0.6 is 0 Å². The molecule has 0 aliphatic rings. The van der Waals surface area contributed by atoms with Gasteiger partial charge in [0.2, 0.25) is 5.75 Å². The van der Waals surface area contributed by atoms with Crippen LogP contribution in [0.3, 0.4) is 0 Å². The molecule has 19 heavy (non-hydrogen) atoms. The van der Waals surface area contributed by atoms with Crippen LogP contribution in [0.4, 0.5) is 14.5 Å². The van der Waals surface area contributed by atoms with Crippen LogP contribution in [-0.2, 0) is 0 Å². The molecule has 0 saturated heterocycles. The Morgan fingerprint density at radius 2 is 2.05 bits per heavy atom. The second kappa shape index (κ2) is 6.21. The van der Waals surface area contributed by atoms with E-state index in [1.165, 1.54) is 6.07 Å². The molecule has 0 unspecified atom stereocenters. The molecule has 1 rings (SSSR count). The second-order valence-electron chi connectivity index (χ2n) is 4.34. The minimum Gasteiger partial charge on any atom is -0.427 e. The van der Waals surface area contributed by atoms with Gasteiger partial charge in [0.05, 0.1) is 4.92 Å². The summed E-state index contributed by atoms with van der Waals surface area (Å²) in [6, 6.07) is 3.22. The maximum Gasteiger partial charge on any atom is 0.387 e. The highest BCUT2D eigenvalue weighted by Crippen LogP contribution is 2.30. The van der Waals surface area contributed by atoms with Gasteiger partial charge in [0.25, 0.3) is 0 Å². The van der Waals surface area contributed by atoms with E-state index in [0.717, 1.165) is 12.1 Å². The first-order chi connectivity index (χ1) is 8.81. The molecule has 0 bridgehead atoms. The largest absolute Gasteiger partial charge is 0.427 e. The standard InChI is InChI=1S/C12H13F2NO4/c1-7(2)5-10(16)8-3-4-11(19-12(13)14)9(6-8)15(17)18/h3-4,6-7,12H,5H2,1-2H3. The summed E-state index contributed by atoms with van der Waals surface area (Å²) >= 11 is 0. The van der Waals surface area contributed by atoms with E-state index in [0.29, 0.717) is 0 Å². The fraction of sp³-hybridized carbons (Fsp3) is 0.417. The first kappa shape index (κ1) is 15.0. The van der Waals surface area contributed by atoms with E-state index in [1.807, 2.05) is 13.8 Å². The number of hydrogen-bond donors (Lipinski definition) is 0. The Morgan fingerprint density at radius 1 is 1.42 bits per heavy atom. The fourth-order valence-corrected chi connectivity index (χ4v) is 1.52. The molecular weight excluding hydrogens is 260 g/mol. The summed E-state index contributed by atoms with van der Waals surface area (Å²) in [5.41, 5.74) is -0.531. The van der Waals surface area contributed by atoms with Gasteiger partial charge in [0.15, 0.2) is 5.78 Å². The molecule has 5 nitrogen and oxygen atoms in total. The lowest BCUT2D eigenvalue weighted by molar-refractivity contribution is -0.386. The number of rotatable bonds is 6. The van der Waals surface area contributed by atoms with E-state index >= 15 is 0 Å². The Morgan fingerprint density at radius 3 is 2.53 bits per heavy atom. The molecule has 0 heterocycles. The molecule has 0 amide bonds. The number of Topliss-reactive ketones (excluding diaryl/α,β-unsaturated/α-hetero) is 1. The Hall–Kier alpha value is -2.05. The highest BCUT2D eigenvalue weighted by Gasteiger charge is 2.21. The van der Waals surface area contributed by atoms with Crippen molar-refractivity contribution in [2.45, 2.75) is 26.9 Å². The molecule has 0 fully saturated rings. The number of carbonyl (C=O) groups excluding carboxylic acids is 1. The number of hydrogen-bond acceptors (Lipinski definition) is 4. The van der Waals surface area contributed by atoms with Crippen molar-refractivity contribution in [3.63, 3.8) is 0 Å². The van der Waals surface area contributed by atoms with Gasteiger partial charge in [0, 0.05) is 18.1 Å². The predicted octanol–water partition coefficient (Wildman–Crippen LogP) is 3.43. The number of halogens is 2. The smallest absolute Gasteiger partial charge is 0.387 e. The Kier molecular flexibility index (Phi) is 4.91. The molecule has 1 aromatic rings. The quantitative estimate of drug-likeness (QED) is 0.452. The van der Waals surface area contributed by atoms with Gasteiger partial charge in [-0.3, -0.25) is 14.9 Å². The molecule has 104 valence electrons. The Balaban J connectivity index is 3.09. The zero-order valence-electron chi connectivity index (χ0n) is 10.4. The van der Waals surface area contributed by atoms with Gasteiger partial charge < -0.3 is 4.74 Å². The summed E-state index contributed by atoms with van der Waals surface area (Å²) < 4.78 is 28.2. The lowest BCUT2D eigenvalue weighted by Gasteiger charge is -2.07. The van der Waals surface area contributed by atoms with Crippen LogP contribution in [0, 0.1) is 16.0 Å². The molecule has 0 aliphatic heterocycles. The fourth-order valence-electron chi connectivity index (χ4n) is 1.52. The molecule has 0 aromatic heterocycles. The number of ketones is 1. The maximum absolute atomic E-state index is 12.1. The first-order valence-electron chi connectivity index (χ1n) is 5.57. The maximum atomic E-state index is 12.1. The van der Waals surface area contributed by atoms with Crippen LogP contribution < -0.4 is 4.74 Å². The molecular formula is C12H13F2NO4. The van der Waals surface area contributed by atoms with Crippen molar-refractivity contribution in [2.24, 2.45) is 5.92 Å². The average molecular weight is 273 g/mol. The SMILES string of the molecule is CC(C)CC(=O)c1ccc(OC(F)F)c([N+](=O)[O-])c1. The lowest BCUT2D eigenvalue weighted by atomic mass is 10.0. The number of nitro groups is 1. The number of carbonyl (C=O) groups is 1. The minimum absolute atomic E-state index is 0.101. The van der Waals surface area contributed by atoms with E-state index < -0.39 is 23.0 Å². The van der Waals surface area contributed by atoms with Crippen molar-refractivity contribution in [2.75, 3.05) is 0 Å². The zero-order valence-corrected chi connectivity index (χ0v) is 10.4. The van der Waals surface area contributed by atoms with Crippen LogP contribution in [0.5, 0.6) is 5.75 Å². The van der Waals surface area contributed by atoms with Gasteiger partial charge in [-0.05, 0) is 18.1 Å². The molecule has 0 spiro atoms. The summed E-state index contributed by atoms with van der Waals surface area (Å²) in [6.45, 7) is 0.511.